The number of nitrogens with zero attached hydrogens (tertiary/aromatic N) is 3. The molecule has 0 saturated carbocycles. The van der Waals surface area contributed by atoms with Crippen LogP contribution in [0.5, 0.6) is 0 Å². The lowest BCUT2D eigenvalue weighted by Crippen LogP contribution is -2.74. The highest BCUT2D eigenvalue weighted by Crippen LogP contribution is 2.41. The Bertz CT molecular complexity index is 3730. The van der Waals surface area contributed by atoms with Gasteiger partial charge in [0.2, 0.25) is 0 Å². The molecule has 0 spiro atoms. The SMILES string of the molecule is c1ccc(-n2c3ccc(-n4c5ccccc5c5cc([Si](c6ccccc6)(c6ccccc6)c6ccccc6)ccc54)cc3c3cccc(-n4c5ccccc5c5ccccc54)c32)cc1. The van der Waals surface area contributed by atoms with E-state index in [-0.39, 0.29) is 0 Å². The first kappa shape index (κ1) is 36.5. The van der Waals surface area contributed by atoms with Crippen molar-refractivity contribution >= 4 is 94.2 Å². The first-order valence-corrected chi connectivity index (χ1v) is 24.1. The van der Waals surface area contributed by atoms with Gasteiger partial charge in [-0.3, -0.25) is 0 Å². The Hall–Kier alpha value is -8.18. The molecule has 0 bridgehead atoms. The van der Waals surface area contributed by atoms with Gasteiger partial charge in [-0.05, 0) is 81.4 Å². The van der Waals surface area contributed by atoms with Gasteiger partial charge < -0.3 is 13.7 Å². The summed E-state index contributed by atoms with van der Waals surface area (Å²) in [6.45, 7) is 0. The molecule has 10 aromatic carbocycles. The molecule has 64 heavy (non-hydrogen) atoms. The fourth-order valence-electron chi connectivity index (χ4n) is 10.9. The smallest absolute Gasteiger partial charge is 0.179 e. The van der Waals surface area contributed by atoms with Gasteiger partial charge in [0.15, 0.2) is 8.07 Å². The highest BCUT2D eigenvalue weighted by atomic mass is 28.3. The molecule has 0 atom stereocenters. The third kappa shape index (κ3) is 5.27. The lowest BCUT2D eigenvalue weighted by molar-refractivity contribution is 1.13. The number of rotatable bonds is 7. The average molecular weight is 832 g/mol. The average Bonchev–Trinajstić information content (AvgIpc) is 4.01. The minimum atomic E-state index is -2.75. The second-order valence-corrected chi connectivity index (χ2v) is 20.7. The van der Waals surface area contributed by atoms with E-state index in [0.717, 1.165) is 17.1 Å². The van der Waals surface area contributed by atoms with Crippen LogP contribution in [0, 0.1) is 0 Å². The van der Waals surface area contributed by atoms with Crippen molar-refractivity contribution in [3.8, 4) is 17.1 Å². The summed E-state index contributed by atoms with van der Waals surface area (Å²) in [5.74, 6) is 0. The maximum absolute atomic E-state index is 2.75. The van der Waals surface area contributed by atoms with Gasteiger partial charge in [-0.2, -0.15) is 0 Å². The van der Waals surface area contributed by atoms with Crippen LogP contribution in [0.4, 0.5) is 0 Å². The molecule has 3 aromatic heterocycles. The van der Waals surface area contributed by atoms with E-state index in [4.69, 9.17) is 0 Å². The van der Waals surface area contributed by atoms with Gasteiger partial charge in [-0.1, -0.05) is 188 Å². The van der Waals surface area contributed by atoms with Crippen LogP contribution in [-0.4, -0.2) is 21.8 Å². The molecule has 3 nitrogen and oxygen atoms in total. The fourth-order valence-corrected chi connectivity index (χ4v) is 15.7. The van der Waals surface area contributed by atoms with E-state index in [1.54, 1.807) is 0 Å². The summed E-state index contributed by atoms with van der Waals surface area (Å²) in [5.41, 5.74) is 10.6. The maximum Gasteiger partial charge on any atom is 0.179 e. The van der Waals surface area contributed by atoms with Crippen LogP contribution in [0.25, 0.3) is 82.5 Å². The first-order chi connectivity index (χ1) is 31.8. The molecule has 0 aliphatic carbocycles. The lowest BCUT2D eigenvalue weighted by Gasteiger charge is -2.34. The van der Waals surface area contributed by atoms with Crippen molar-refractivity contribution < 1.29 is 0 Å². The molecule has 0 N–H and O–H groups in total. The van der Waals surface area contributed by atoms with E-state index >= 15 is 0 Å². The molecular weight excluding hydrogens is 791 g/mol. The van der Waals surface area contributed by atoms with Crippen LogP contribution in [0.1, 0.15) is 0 Å². The Kier molecular flexibility index (Phi) is 8.23. The summed E-state index contributed by atoms with van der Waals surface area (Å²) in [4.78, 5) is 0. The predicted molar refractivity (Wildman–Crippen MR) is 273 cm³/mol. The first-order valence-electron chi connectivity index (χ1n) is 22.1. The van der Waals surface area contributed by atoms with Crippen molar-refractivity contribution in [3.05, 3.63) is 249 Å². The molecule has 0 unspecified atom stereocenters. The van der Waals surface area contributed by atoms with Crippen molar-refractivity contribution in [1.29, 1.82) is 0 Å². The molecule has 0 amide bonds. The Balaban J connectivity index is 1.08. The maximum atomic E-state index is 2.52. The standard InChI is InChI=1S/C60H41N3Si/c1-5-20-42(21-6-1)62-58-38-36-43(40-52(58)51-31-19-35-59(60(51)62)63-55-33-17-13-28-48(55)49-29-14-18-34-56(49)63)61-54-32-16-15-30-50(54)53-41-47(37-39-57(53)61)64(44-22-7-2-8-23-44,45-24-9-3-10-25-45)46-26-11-4-12-27-46/h1-41H. The Morgan fingerprint density at radius 1 is 0.234 bits per heavy atom. The Morgan fingerprint density at radius 3 is 1.23 bits per heavy atom. The molecular formula is C60H41N3Si. The van der Waals surface area contributed by atoms with Crippen LogP contribution >= 0.6 is 0 Å². The van der Waals surface area contributed by atoms with E-state index in [1.165, 1.54) is 86.2 Å². The molecule has 0 aliphatic rings. The van der Waals surface area contributed by atoms with E-state index in [0.29, 0.717) is 0 Å². The molecule has 3 heterocycles. The monoisotopic (exact) mass is 831 g/mol. The quantitative estimate of drug-likeness (QED) is 0.112. The Morgan fingerprint density at radius 2 is 0.656 bits per heavy atom. The molecule has 13 rings (SSSR count). The molecule has 300 valence electrons. The highest BCUT2D eigenvalue weighted by Gasteiger charge is 2.41. The van der Waals surface area contributed by atoms with Crippen LogP contribution in [0.2, 0.25) is 0 Å². The van der Waals surface area contributed by atoms with Gasteiger partial charge in [0.05, 0.1) is 38.8 Å². The van der Waals surface area contributed by atoms with E-state index < -0.39 is 8.07 Å². The van der Waals surface area contributed by atoms with Gasteiger partial charge in [0.1, 0.15) is 0 Å². The minimum absolute atomic E-state index is 1.13. The summed E-state index contributed by atoms with van der Waals surface area (Å²) >= 11 is 0. The predicted octanol–water partition coefficient (Wildman–Crippen LogP) is 12.4. The van der Waals surface area contributed by atoms with Crippen LogP contribution in [0.3, 0.4) is 0 Å². The van der Waals surface area contributed by atoms with Crippen LogP contribution in [0.15, 0.2) is 249 Å². The normalized spacial score (nSPS) is 12.1. The number of hydrogen-bond donors (Lipinski definition) is 0. The highest BCUT2D eigenvalue weighted by molar-refractivity contribution is 7.20. The second kappa shape index (κ2) is 14.5. The zero-order chi connectivity index (χ0) is 42.2. The van der Waals surface area contributed by atoms with Crippen molar-refractivity contribution in [1.82, 2.24) is 13.7 Å². The van der Waals surface area contributed by atoms with Gasteiger partial charge in [-0.15, -0.1) is 0 Å². The lowest BCUT2D eigenvalue weighted by atomic mass is 10.1. The molecule has 13 aromatic rings. The van der Waals surface area contributed by atoms with Crippen molar-refractivity contribution in [2.75, 3.05) is 0 Å². The third-order valence-corrected chi connectivity index (χ3v) is 18.3. The number of hydrogen-bond acceptors (Lipinski definition) is 0. The fraction of sp³-hybridized carbons (Fsp3) is 0. The number of para-hydroxylation sites is 5. The number of aromatic nitrogens is 3. The zero-order valence-electron chi connectivity index (χ0n) is 35.0. The van der Waals surface area contributed by atoms with E-state index in [1.807, 2.05) is 0 Å². The number of benzene rings is 10. The summed E-state index contributed by atoms with van der Waals surface area (Å²) in [7, 11) is -2.75. The molecule has 0 aliphatic heterocycles. The molecule has 4 heteroatoms. The van der Waals surface area contributed by atoms with Crippen molar-refractivity contribution in [2.45, 2.75) is 0 Å². The van der Waals surface area contributed by atoms with Crippen LogP contribution < -0.4 is 20.7 Å². The Labute approximate surface area is 372 Å². The second-order valence-electron chi connectivity index (χ2n) is 16.8. The molecule has 0 radical (unpaired) electrons. The van der Waals surface area contributed by atoms with E-state index in [9.17, 15) is 0 Å². The number of fused-ring (bicyclic) bond motifs is 9. The molecule has 0 saturated heterocycles. The minimum Gasteiger partial charge on any atom is -0.309 e. The summed E-state index contributed by atoms with van der Waals surface area (Å²) in [6.07, 6.45) is 0. The largest absolute Gasteiger partial charge is 0.309 e. The summed E-state index contributed by atoms with van der Waals surface area (Å²) in [5, 5.41) is 12.9. The van der Waals surface area contributed by atoms with Crippen molar-refractivity contribution in [2.24, 2.45) is 0 Å². The van der Waals surface area contributed by atoms with Gasteiger partial charge in [0, 0.05) is 43.7 Å². The third-order valence-electron chi connectivity index (χ3n) is 13.6. The topological polar surface area (TPSA) is 14.8 Å². The van der Waals surface area contributed by atoms with Gasteiger partial charge >= 0.3 is 0 Å². The van der Waals surface area contributed by atoms with E-state index in [2.05, 4.69) is 262 Å². The van der Waals surface area contributed by atoms with Gasteiger partial charge in [0.25, 0.3) is 0 Å². The van der Waals surface area contributed by atoms with Crippen LogP contribution in [-0.2, 0) is 0 Å². The zero-order valence-corrected chi connectivity index (χ0v) is 36.0. The summed E-state index contributed by atoms with van der Waals surface area (Å²) in [6, 6.07) is 92.2. The van der Waals surface area contributed by atoms with Gasteiger partial charge in [-0.25, -0.2) is 0 Å². The molecule has 0 fully saturated rings. The summed E-state index contributed by atoms with van der Waals surface area (Å²) < 4.78 is 7.40. The van der Waals surface area contributed by atoms with Crippen molar-refractivity contribution in [3.63, 3.8) is 0 Å².